The summed E-state index contributed by atoms with van der Waals surface area (Å²) in [6.07, 6.45) is 12.7. The summed E-state index contributed by atoms with van der Waals surface area (Å²) in [5.41, 5.74) is 0.349. The van der Waals surface area contributed by atoms with Crippen LogP contribution in [0.3, 0.4) is 0 Å². The lowest BCUT2D eigenvalue weighted by Gasteiger charge is -2.56. The molecule has 8 unspecified atom stereocenters. The Morgan fingerprint density at radius 2 is 1.68 bits per heavy atom. The highest BCUT2D eigenvalue weighted by Crippen LogP contribution is 2.64. The summed E-state index contributed by atoms with van der Waals surface area (Å²) in [5.74, 6) is 6.73. The van der Waals surface area contributed by atoms with Crippen molar-refractivity contribution in [3.63, 3.8) is 0 Å². The summed E-state index contributed by atoms with van der Waals surface area (Å²) in [6, 6.07) is 0. The minimum absolute atomic E-state index is 0.349. The van der Waals surface area contributed by atoms with Crippen LogP contribution < -0.4 is 0 Å². The largest absolute Gasteiger partial charge is 0.300 e. The van der Waals surface area contributed by atoms with Gasteiger partial charge in [-0.15, -0.1) is 0 Å². The summed E-state index contributed by atoms with van der Waals surface area (Å²) in [4.78, 5) is 12.1. The maximum atomic E-state index is 12.1. The lowest BCUT2D eigenvalue weighted by molar-refractivity contribution is -0.128. The molecule has 22 heavy (non-hydrogen) atoms. The minimum Gasteiger partial charge on any atom is -0.300 e. The number of carbonyl (C=O) groups excluding carboxylic acids is 1. The highest BCUT2D eigenvalue weighted by atomic mass is 16.1. The van der Waals surface area contributed by atoms with E-state index >= 15 is 0 Å². The summed E-state index contributed by atoms with van der Waals surface area (Å²) in [5, 5.41) is 0. The van der Waals surface area contributed by atoms with Gasteiger partial charge in [0.2, 0.25) is 0 Å². The smallest absolute Gasteiger partial charge is 0.133 e. The molecule has 4 aliphatic carbocycles. The lowest BCUT2D eigenvalue weighted by atomic mass is 9.49. The van der Waals surface area contributed by atoms with Crippen LogP contribution in [0, 0.1) is 46.8 Å². The predicted molar refractivity (Wildman–Crippen MR) is 90.4 cm³/mol. The molecule has 0 aliphatic heterocycles. The molecule has 0 saturated heterocycles. The normalized spacial score (nSPS) is 54.2. The average Bonchev–Trinajstić information content (AvgIpc) is 2.84. The van der Waals surface area contributed by atoms with E-state index in [1.165, 1.54) is 57.8 Å². The third-order valence-corrected chi connectivity index (χ3v) is 8.71. The number of fused-ring (bicyclic) bond motifs is 5. The van der Waals surface area contributed by atoms with E-state index in [-0.39, 0.29) is 0 Å². The van der Waals surface area contributed by atoms with E-state index in [9.17, 15) is 4.79 Å². The molecule has 0 aromatic heterocycles. The molecule has 0 aromatic rings. The lowest BCUT2D eigenvalue weighted by Crippen LogP contribution is -2.49. The van der Waals surface area contributed by atoms with Crippen molar-refractivity contribution < 1.29 is 4.79 Å². The van der Waals surface area contributed by atoms with E-state index in [0.29, 0.717) is 17.1 Å². The zero-order valence-corrected chi connectivity index (χ0v) is 14.8. The Kier molecular flexibility index (Phi) is 3.70. The number of rotatable bonds is 1. The number of Topliss-reactive ketones (excluding diaryl/α,β-unsaturated/α-hetero) is 1. The van der Waals surface area contributed by atoms with Crippen LogP contribution in [0.15, 0.2) is 0 Å². The maximum Gasteiger partial charge on any atom is 0.133 e. The molecule has 4 fully saturated rings. The van der Waals surface area contributed by atoms with Gasteiger partial charge in [-0.05, 0) is 99.2 Å². The van der Waals surface area contributed by atoms with Gasteiger partial charge in [0.25, 0.3) is 0 Å². The van der Waals surface area contributed by atoms with Crippen molar-refractivity contribution in [3.05, 3.63) is 0 Å². The molecule has 0 aromatic carbocycles. The zero-order valence-electron chi connectivity index (χ0n) is 14.8. The van der Waals surface area contributed by atoms with Crippen LogP contribution in [-0.2, 0) is 4.79 Å². The summed E-state index contributed by atoms with van der Waals surface area (Å²) in [6.45, 7) is 6.79. The fourth-order valence-corrected chi connectivity index (χ4v) is 7.76. The van der Waals surface area contributed by atoms with Crippen molar-refractivity contribution in [2.75, 3.05) is 0 Å². The average molecular weight is 303 g/mol. The van der Waals surface area contributed by atoms with Crippen molar-refractivity contribution >= 4 is 5.78 Å². The van der Waals surface area contributed by atoms with Gasteiger partial charge in [0.15, 0.2) is 0 Å². The highest BCUT2D eigenvalue weighted by molar-refractivity contribution is 5.79. The molecule has 8 atom stereocenters. The standard InChI is InChI=1S/C21H34O/c1-13-4-6-16-15(12-13)5-7-18-17(16)10-11-21(3)19(14(2)22)8-9-20(18)21/h13,15-20H,4-12H2,1-3H3. The monoisotopic (exact) mass is 302 g/mol. The molecule has 0 amide bonds. The van der Waals surface area contributed by atoms with E-state index in [0.717, 1.165) is 35.5 Å². The van der Waals surface area contributed by atoms with Gasteiger partial charge in [0.05, 0.1) is 0 Å². The van der Waals surface area contributed by atoms with Gasteiger partial charge in [0.1, 0.15) is 5.78 Å². The number of hydrogen-bond acceptors (Lipinski definition) is 1. The second-order valence-electron chi connectivity index (χ2n) is 9.64. The van der Waals surface area contributed by atoms with Gasteiger partial charge in [-0.3, -0.25) is 4.79 Å². The molecule has 0 heterocycles. The van der Waals surface area contributed by atoms with E-state index < -0.39 is 0 Å². The van der Waals surface area contributed by atoms with Crippen LogP contribution >= 0.6 is 0 Å². The van der Waals surface area contributed by atoms with E-state index in [2.05, 4.69) is 13.8 Å². The van der Waals surface area contributed by atoms with Gasteiger partial charge >= 0.3 is 0 Å². The third kappa shape index (κ3) is 2.13. The molecule has 4 aliphatic rings. The Morgan fingerprint density at radius 1 is 0.909 bits per heavy atom. The van der Waals surface area contributed by atoms with Crippen LogP contribution in [0.25, 0.3) is 0 Å². The van der Waals surface area contributed by atoms with Crippen molar-refractivity contribution in [2.45, 2.75) is 78.6 Å². The molecular formula is C21H34O. The molecule has 4 rings (SSSR count). The Labute approximate surface area is 136 Å². The topological polar surface area (TPSA) is 17.1 Å². The van der Waals surface area contributed by atoms with Crippen molar-refractivity contribution in [2.24, 2.45) is 46.8 Å². The van der Waals surface area contributed by atoms with Crippen LogP contribution in [0.2, 0.25) is 0 Å². The SMILES string of the molecule is CC(=O)C1CCC2C3CCC4CC(C)CCC4C3CCC12C. The predicted octanol–water partition coefficient (Wildman–Crippen LogP) is 5.48. The second-order valence-corrected chi connectivity index (χ2v) is 9.64. The minimum atomic E-state index is 0.349. The van der Waals surface area contributed by atoms with Gasteiger partial charge in [-0.2, -0.15) is 0 Å². The van der Waals surface area contributed by atoms with E-state index in [1.807, 2.05) is 6.92 Å². The first-order chi connectivity index (χ1) is 10.5. The van der Waals surface area contributed by atoms with Crippen LogP contribution in [0.4, 0.5) is 0 Å². The Morgan fingerprint density at radius 3 is 2.45 bits per heavy atom. The van der Waals surface area contributed by atoms with Gasteiger partial charge in [-0.1, -0.05) is 20.3 Å². The number of carbonyl (C=O) groups is 1. The Hall–Kier alpha value is -0.330. The summed E-state index contributed by atoms with van der Waals surface area (Å²) < 4.78 is 0. The molecule has 1 nitrogen and oxygen atoms in total. The Balaban J connectivity index is 1.56. The molecular weight excluding hydrogens is 268 g/mol. The molecule has 1 heteroatoms. The number of hydrogen-bond donors (Lipinski definition) is 0. The molecule has 124 valence electrons. The van der Waals surface area contributed by atoms with E-state index in [4.69, 9.17) is 0 Å². The van der Waals surface area contributed by atoms with Crippen molar-refractivity contribution in [3.8, 4) is 0 Å². The molecule has 4 saturated carbocycles. The highest BCUT2D eigenvalue weighted by Gasteiger charge is 2.57. The van der Waals surface area contributed by atoms with Gasteiger partial charge < -0.3 is 0 Å². The number of ketones is 1. The molecule has 0 N–H and O–H groups in total. The molecule has 0 bridgehead atoms. The second kappa shape index (κ2) is 5.35. The first-order valence-electron chi connectivity index (χ1n) is 10.0. The summed E-state index contributed by atoms with van der Waals surface area (Å²) in [7, 11) is 0. The van der Waals surface area contributed by atoms with Gasteiger partial charge in [0, 0.05) is 5.92 Å². The first kappa shape index (κ1) is 15.2. The fraction of sp³-hybridized carbons (Fsp3) is 0.952. The van der Waals surface area contributed by atoms with Crippen LogP contribution in [-0.4, -0.2) is 5.78 Å². The molecule has 0 spiro atoms. The zero-order chi connectivity index (χ0) is 15.5. The summed E-state index contributed by atoms with van der Waals surface area (Å²) >= 11 is 0. The van der Waals surface area contributed by atoms with Crippen molar-refractivity contribution in [1.82, 2.24) is 0 Å². The third-order valence-electron chi connectivity index (χ3n) is 8.71. The van der Waals surface area contributed by atoms with Crippen LogP contribution in [0.5, 0.6) is 0 Å². The fourth-order valence-electron chi connectivity index (χ4n) is 7.76. The molecule has 0 radical (unpaired) electrons. The maximum absolute atomic E-state index is 12.1. The Bertz CT molecular complexity index is 455. The first-order valence-corrected chi connectivity index (χ1v) is 10.0. The van der Waals surface area contributed by atoms with Crippen molar-refractivity contribution in [1.29, 1.82) is 0 Å². The van der Waals surface area contributed by atoms with Crippen LogP contribution in [0.1, 0.15) is 78.6 Å². The van der Waals surface area contributed by atoms with E-state index in [1.54, 1.807) is 0 Å². The quantitative estimate of drug-likeness (QED) is 0.627. The van der Waals surface area contributed by atoms with Gasteiger partial charge in [-0.25, -0.2) is 0 Å².